The van der Waals surface area contributed by atoms with Gasteiger partial charge in [0.1, 0.15) is 22.8 Å². The summed E-state index contributed by atoms with van der Waals surface area (Å²) in [5, 5.41) is 47.8. The summed E-state index contributed by atoms with van der Waals surface area (Å²) in [7, 11) is 1.47. The molecule has 214 valence electrons. The number of primary amides is 1. The summed E-state index contributed by atoms with van der Waals surface area (Å²) in [6.45, 7) is 1.97. The van der Waals surface area contributed by atoms with Gasteiger partial charge in [-0.2, -0.15) is 0 Å². The minimum atomic E-state index is -2.67. The summed E-state index contributed by atoms with van der Waals surface area (Å²) >= 11 is 6.89. The van der Waals surface area contributed by atoms with Crippen LogP contribution in [0.2, 0.25) is 5.02 Å². The Morgan fingerprint density at radius 1 is 1.20 bits per heavy atom. The third-order valence-electron chi connectivity index (χ3n) is 9.12. The molecule has 1 amide bonds. The Labute approximate surface area is 240 Å². The smallest absolute Gasteiger partial charge is 0.255 e. The average molecular weight is 580 g/mol. The van der Waals surface area contributed by atoms with Crippen LogP contribution < -0.4 is 11.1 Å². The molecule has 4 atom stereocenters. The number of ketones is 2. The van der Waals surface area contributed by atoms with Crippen molar-refractivity contribution in [2.75, 3.05) is 13.6 Å². The molecule has 41 heavy (non-hydrogen) atoms. The molecule has 7 N–H and O–H groups in total. The number of carbonyl (C=O) groups is 3. The molecule has 0 radical (unpaired) electrons. The van der Waals surface area contributed by atoms with E-state index in [1.54, 1.807) is 0 Å². The maximum Gasteiger partial charge on any atom is 0.255 e. The molecule has 11 heteroatoms. The summed E-state index contributed by atoms with van der Waals surface area (Å²) < 4.78 is 0. The van der Waals surface area contributed by atoms with Gasteiger partial charge in [0.15, 0.2) is 11.4 Å². The standard InChI is InChI=1S/C30H30ClN3O7/c1-33-24-18-9-15-8-17-21(25(36)20(15)27(38)30(18,41)28(39)22(26(24)37)29(32)40)19(35)10-16(23(17)31)12-34-7-6-13-4-2-3-5-14(13)11-34/h2-5,10,15,18,24,33,35,37-38,41H,6-9,11-12H2,1H3,(H2,32,40)/t15-,18-,24-,30-/m0/s1. The normalized spacial score (nSPS) is 27.7. The molecule has 3 aliphatic carbocycles. The van der Waals surface area contributed by atoms with Crippen molar-refractivity contribution < 1.29 is 34.8 Å². The first-order valence-corrected chi connectivity index (χ1v) is 13.8. The molecule has 10 nitrogen and oxygen atoms in total. The van der Waals surface area contributed by atoms with Crippen molar-refractivity contribution in [3.63, 3.8) is 0 Å². The monoisotopic (exact) mass is 579 g/mol. The van der Waals surface area contributed by atoms with E-state index in [4.69, 9.17) is 17.3 Å². The zero-order valence-electron chi connectivity index (χ0n) is 22.3. The molecule has 0 bridgehead atoms. The topological polar surface area (TPSA) is 173 Å². The molecule has 0 unspecified atom stereocenters. The number of phenolic OH excluding ortho intramolecular Hbond substituents is 1. The van der Waals surface area contributed by atoms with E-state index in [2.05, 4.69) is 22.3 Å². The van der Waals surface area contributed by atoms with Crippen LogP contribution in [-0.4, -0.2) is 68.0 Å². The van der Waals surface area contributed by atoms with Gasteiger partial charge in [-0.15, -0.1) is 0 Å². The van der Waals surface area contributed by atoms with E-state index < -0.39 is 58.0 Å². The number of nitrogens with two attached hydrogens (primary N) is 1. The number of fused-ring (bicyclic) bond motifs is 4. The number of hydrogen-bond acceptors (Lipinski definition) is 9. The Bertz CT molecular complexity index is 1600. The molecule has 0 aromatic heterocycles. The Morgan fingerprint density at radius 2 is 1.90 bits per heavy atom. The van der Waals surface area contributed by atoms with Crippen molar-refractivity contribution in [3.05, 3.63) is 85.8 Å². The molecule has 0 spiro atoms. The minimum Gasteiger partial charge on any atom is -0.510 e. The van der Waals surface area contributed by atoms with E-state index in [0.717, 1.165) is 19.5 Å². The zero-order chi connectivity index (χ0) is 29.4. The maximum absolute atomic E-state index is 13.8. The first-order valence-electron chi connectivity index (χ1n) is 13.5. The van der Waals surface area contributed by atoms with Crippen LogP contribution in [0.3, 0.4) is 0 Å². The third-order valence-corrected chi connectivity index (χ3v) is 9.60. The number of aliphatic hydroxyl groups excluding tert-OH is 2. The summed E-state index contributed by atoms with van der Waals surface area (Å²) in [5.41, 5.74) is 5.11. The van der Waals surface area contributed by atoms with Gasteiger partial charge in [-0.3, -0.25) is 19.3 Å². The predicted molar refractivity (Wildman–Crippen MR) is 148 cm³/mol. The van der Waals surface area contributed by atoms with Gasteiger partial charge in [-0.05, 0) is 60.5 Å². The number of aromatic hydroxyl groups is 1. The van der Waals surface area contributed by atoms with E-state index in [1.165, 1.54) is 24.2 Å². The van der Waals surface area contributed by atoms with Crippen molar-refractivity contribution in [3.8, 4) is 5.75 Å². The van der Waals surface area contributed by atoms with Crippen LogP contribution in [0.5, 0.6) is 5.75 Å². The molecular formula is C30H30ClN3O7. The number of carbonyl (C=O) groups excluding carboxylic acids is 3. The fourth-order valence-corrected chi connectivity index (χ4v) is 7.45. The number of halogens is 1. The van der Waals surface area contributed by atoms with E-state index in [-0.39, 0.29) is 29.7 Å². The quantitative estimate of drug-likeness (QED) is 0.296. The second-order valence-electron chi connectivity index (χ2n) is 11.3. The zero-order valence-corrected chi connectivity index (χ0v) is 23.0. The van der Waals surface area contributed by atoms with E-state index in [9.17, 15) is 34.8 Å². The van der Waals surface area contributed by atoms with E-state index >= 15 is 0 Å². The summed E-state index contributed by atoms with van der Waals surface area (Å²) in [6, 6.07) is 8.58. The van der Waals surface area contributed by atoms with Gasteiger partial charge >= 0.3 is 0 Å². The molecule has 0 saturated carbocycles. The number of amides is 1. The predicted octanol–water partition coefficient (Wildman–Crippen LogP) is 1.99. The van der Waals surface area contributed by atoms with Crippen molar-refractivity contribution in [2.45, 2.75) is 44.0 Å². The first-order chi connectivity index (χ1) is 19.5. The molecule has 2 aromatic rings. The lowest BCUT2D eigenvalue weighted by molar-refractivity contribution is -0.146. The number of hydrogen-bond donors (Lipinski definition) is 6. The maximum atomic E-state index is 13.8. The summed E-state index contributed by atoms with van der Waals surface area (Å²) in [5.74, 6) is -6.94. The number of aliphatic hydroxyl groups is 3. The molecule has 1 aliphatic heterocycles. The van der Waals surface area contributed by atoms with Crippen molar-refractivity contribution in [1.29, 1.82) is 0 Å². The highest BCUT2D eigenvalue weighted by Crippen LogP contribution is 2.52. The fourth-order valence-electron chi connectivity index (χ4n) is 7.16. The number of nitrogens with one attached hydrogen (secondary N) is 1. The number of rotatable bonds is 4. The first kappa shape index (κ1) is 27.5. The molecule has 4 aliphatic rings. The lowest BCUT2D eigenvalue weighted by Crippen LogP contribution is -2.63. The highest BCUT2D eigenvalue weighted by molar-refractivity contribution is 6.33. The van der Waals surface area contributed by atoms with Gasteiger partial charge in [0.25, 0.3) is 5.91 Å². The Kier molecular flexibility index (Phi) is 6.50. The van der Waals surface area contributed by atoms with Crippen LogP contribution in [0, 0.1) is 11.8 Å². The second kappa shape index (κ2) is 9.70. The van der Waals surface area contributed by atoms with Crippen molar-refractivity contribution in [1.82, 2.24) is 10.2 Å². The summed E-state index contributed by atoms with van der Waals surface area (Å²) in [4.78, 5) is 41.3. The number of phenols is 1. The lowest BCUT2D eigenvalue weighted by atomic mass is 9.59. The van der Waals surface area contributed by atoms with Gasteiger partial charge in [0, 0.05) is 36.1 Å². The van der Waals surface area contributed by atoms with Crippen LogP contribution >= 0.6 is 11.6 Å². The number of benzene rings is 2. The Balaban J connectivity index is 1.39. The Morgan fingerprint density at radius 3 is 2.59 bits per heavy atom. The van der Waals surface area contributed by atoms with Crippen LogP contribution in [-0.2, 0) is 35.5 Å². The SMILES string of the molecule is CN[C@@H]1C(O)=C(C(N)=O)C(=O)[C@@]2(O)C(O)=C3C(=O)c4c(O)cc(CN5CCc6ccccc6C5)c(Cl)c4C[C@H]3C[C@@H]12. The number of likely N-dealkylation sites (N-methyl/N-ethyl adjacent to an activating group) is 1. The Hall–Kier alpha value is -3.70. The largest absolute Gasteiger partial charge is 0.510 e. The van der Waals surface area contributed by atoms with Gasteiger partial charge in [0.2, 0.25) is 5.78 Å². The van der Waals surface area contributed by atoms with Crippen molar-refractivity contribution >= 4 is 29.1 Å². The van der Waals surface area contributed by atoms with Crippen LogP contribution in [0.25, 0.3) is 0 Å². The van der Waals surface area contributed by atoms with Crippen LogP contribution in [0.1, 0.15) is 39.0 Å². The second-order valence-corrected chi connectivity index (χ2v) is 11.7. The lowest BCUT2D eigenvalue weighted by Gasteiger charge is -2.48. The van der Waals surface area contributed by atoms with E-state index in [1.807, 2.05) is 12.1 Å². The van der Waals surface area contributed by atoms with Gasteiger partial charge in [0.05, 0.1) is 11.6 Å². The van der Waals surface area contributed by atoms with Crippen LogP contribution in [0.4, 0.5) is 0 Å². The average Bonchev–Trinajstić information content (AvgIpc) is 2.93. The molecule has 6 rings (SSSR count). The van der Waals surface area contributed by atoms with Gasteiger partial charge < -0.3 is 31.5 Å². The van der Waals surface area contributed by atoms with Gasteiger partial charge in [-0.1, -0.05) is 35.9 Å². The van der Waals surface area contributed by atoms with Crippen LogP contribution in [0.15, 0.2) is 53.0 Å². The number of Topliss-reactive ketones (excluding diaryl/α,β-unsaturated/α-hetero) is 2. The van der Waals surface area contributed by atoms with Crippen molar-refractivity contribution in [2.24, 2.45) is 17.6 Å². The van der Waals surface area contributed by atoms with Gasteiger partial charge in [-0.25, -0.2) is 0 Å². The van der Waals surface area contributed by atoms with E-state index in [0.29, 0.717) is 22.7 Å². The molecule has 2 aromatic carbocycles. The molecule has 1 heterocycles. The third kappa shape index (κ3) is 3.93. The molecule has 0 saturated heterocycles. The highest BCUT2D eigenvalue weighted by Gasteiger charge is 2.62. The fraction of sp³-hybridized carbons (Fsp3) is 0.367. The highest BCUT2D eigenvalue weighted by atomic mass is 35.5. The molecular weight excluding hydrogens is 550 g/mol. The number of allylic oxidation sites excluding steroid dienone is 1. The minimum absolute atomic E-state index is 0.00134. The molecule has 0 fully saturated rings. The summed E-state index contributed by atoms with van der Waals surface area (Å²) in [6.07, 6.45) is 1.03. The number of nitrogens with zero attached hydrogens (tertiary/aromatic N) is 1.